The molecule has 1 aromatic carbocycles. The van der Waals surface area contributed by atoms with Gasteiger partial charge in [0, 0.05) is 28.2 Å². The Morgan fingerprint density at radius 2 is 2.12 bits per heavy atom. The third-order valence-electron chi connectivity index (χ3n) is 3.15. The molecule has 0 aliphatic rings. The normalized spacial score (nSPS) is 10.8. The summed E-state index contributed by atoms with van der Waals surface area (Å²) in [5.74, 6) is 0.955. The van der Waals surface area contributed by atoms with Gasteiger partial charge in [-0.3, -0.25) is 4.79 Å². The minimum Gasteiger partial charge on any atom is -0.302 e. The van der Waals surface area contributed by atoms with Crippen LogP contribution in [0.1, 0.15) is 6.92 Å². The minimum atomic E-state index is -0.106. The van der Waals surface area contributed by atoms with Gasteiger partial charge in [0.15, 0.2) is 16.1 Å². The highest BCUT2D eigenvalue weighted by Crippen LogP contribution is 2.25. The average Bonchev–Trinajstić information content (AvgIpc) is 3.22. The van der Waals surface area contributed by atoms with Crippen molar-refractivity contribution in [3.8, 4) is 11.4 Å². The van der Waals surface area contributed by atoms with Crippen molar-refractivity contribution in [1.82, 2.24) is 19.7 Å². The van der Waals surface area contributed by atoms with Gasteiger partial charge in [0.1, 0.15) is 0 Å². The summed E-state index contributed by atoms with van der Waals surface area (Å²) in [5.41, 5.74) is 0.992. The molecule has 9 heteroatoms. The number of amides is 1. The van der Waals surface area contributed by atoms with Gasteiger partial charge >= 0.3 is 0 Å². The molecule has 0 fully saturated rings. The number of carbonyl (C=O) groups is 1. The van der Waals surface area contributed by atoms with Crippen molar-refractivity contribution >= 4 is 50.1 Å². The lowest BCUT2D eigenvalue weighted by atomic mass is 10.2. The molecule has 0 aliphatic heterocycles. The summed E-state index contributed by atoms with van der Waals surface area (Å²) in [5, 5.41) is 14.4. The van der Waals surface area contributed by atoms with Crippen LogP contribution < -0.4 is 5.32 Å². The number of hydrogen-bond donors (Lipinski definition) is 1. The lowest BCUT2D eigenvalue weighted by Crippen LogP contribution is -2.14. The fraction of sp³-hybridized carbons (Fsp3) is 0.200. The van der Waals surface area contributed by atoms with Crippen LogP contribution >= 0.6 is 39.0 Å². The number of halogens is 1. The van der Waals surface area contributed by atoms with Gasteiger partial charge in [-0.15, -0.1) is 21.5 Å². The van der Waals surface area contributed by atoms with Crippen LogP contribution in [0.3, 0.4) is 0 Å². The lowest BCUT2D eigenvalue weighted by molar-refractivity contribution is -0.113. The quantitative estimate of drug-likeness (QED) is 0.608. The van der Waals surface area contributed by atoms with Crippen LogP contribution in [0.25, 0.3) is 11.4 Å². The molecule has 0 radical (unpaired) electrons. The number of aromatic nitrogens is 4. The van der Waals surface area contributed by atoms with E-state index < -0.39 is 0 Å². The van der Waals surface area contributed by atoms with Crippen LogP contribution in [-0.2, 0) is 11.3 Å². The SMILES string of the molecule is CCn1c(SCC(=O)Nc2nccs2)nnc1-c1ccc(Br)cc1. The molecule has 0 saturated heterocycles. The van der Waals surface area contributed by atoms with Gasteiger partial charge in [-0.05, 0) is 19.1 Å². The second-order valence-corrected chi connectivity index (χ2v) is 7.48. The van der Waals surface area contributed by atoms with E-state index >= 15 is 0 Å². The van der Waals surface area contributed by atoms with E-state index in [1.54, 1.807) is 6.20 Å². The maximum Gasteiger partial charge on any atom is 0.236 e. The second-order valence-electron chi connectivity index (χ2n) is 4.73. The molecule has 2 heterocycles. The number of hydrogen-bond acceptors (Lipinski definition) is 6. The predicted molar refractivity (Wildman–Crippen MR) is 100 cm³/mol. The van der Waals surface area contributed by atoms with Crippen molar-refractivity contribution in [3.63, 3.8) is 0 Å². The number of benzene rings is 1. The first-order valence-electron chi connectivity index (χ1n) is 7.18. The maximum atomic E-state index is 12.0. The molecule has 0 aliphatic carbocycles. The van der Waals surface area contributed by atoms with Gasteiger partial charge in [0.25, 0.3) is 0 Å². The van der Waals surface area contributed by atoms with Crippen LogP contribution in [0.4, 0.5) is 5.13 Å². The van der Waals surface area contributed by atoms with Gasteiger partial charge in [-0.25, -0.2) is 4.98 Å². The van der Waals surface area contributed by atoms with E-state index in [0.29, 0.717) is 5.13 Å². The highest BCUT2D eigenvalue weighted by molar-refractivity contribution is 9.10. The van der Waals surface area contributed by atoms with Crippen molar-refractivity contribution in [1.29, 1.82) is 0 Å². The van der Waals surface area contributed by atoms with E-state index in [9.17, 15) is 4.79 Å². The Morgan fingerprint density at radius 1 is 1.33 bits per heavy atom. The topological polar surface area (TPSA) is 72.7 Å². The van der Waals surface area contributed by atoms with Crippen LogP contribution in [0.2, 0.25) is 0 Å². The van der Waals surface area contributed by atoms with Crippen LogP contribution in [0.5, 0.6) is 0 Å². The minimum absolute atomic E-state index is 0.106. The van der Waals surface area contributed by atoms with Crippen LogP contribution in [-0.4, -0.2) is 31.4 Å². The highest BCUT2D eigenvalue weighted by atomic mass is 79.9. The molecule has 24 heavy (non-hydrogen) atoms. The Balaban J connectivity index is 1.70. The molecule has 124 valence electrons. The summed E-state index contributed by atoms with van der Waals surface area (Å²) >= 11 is 6.19. The van der Waals surface area contributed by atoms with Crippen molar-refractivity contribution in [2.45, 2.75) is 18.6 Å². The van der Waals surface area contributed by atoms with Crippen LogP contribution in [0.15, 0.2) is 45.5 Å². The van der Waals surface area contributed by atoms with E-state index in [4.69, 9.17) is 0 Å². The van der Waals surface area contributed by atoms with Gasteiger partial charge in [0.05, 0.1) is 5.75 Å². The molecule has 0 spiro atoms. The summed E-state index contributed by atoms with van der Waals surface area (Å²) in [6.45, 7) is 2.76. The monoisotopic (exact) mass is 423 g/mol. The van der Waals surface area contributed by atoms with Gasteiger partial charge in [-0.1, -0.05) is 39.8 Å². The number of carbonyl (C=O) groups excluding carboxylic acids is 1. The summed E-state index contributed by atoms with van der Waals surface area (Å²) in [6, 6.07) is 7.92. The van der Waals surface area contributed by atoms with Gasteiger partial charge < -0.3 is 9.88 Å². The zero-order chi connectivity index (χ0) is 16.9. The van der Waals surface area contributed by atoms with E-state index in [1.165, 1.54) is 23.1 Å². The molecule has 0 saturated carbocycles. The number of thiazole rings is 1. The first-order chi connectivity index (χ1) is 11.7. The first-order valence-corrected chi connectivity index (χ1v) is 9.84. The van der Waals surface area contributed by atoms with Gasteiger partial charge in [0.2, 0.25) is 5.91 Å². The molecule has 0 unspecified atom stereocenters. The Hall–Kier alpha value is -1.71. The molecule has 3 aromatic rings. The second kappa shape index (κ2) is 7.91. The zero-order valence-corrected chi connectivity index (χ0v) is 16.0. The average molecular weight is 424 g/mol. The standard InChI is InChI=1S/C15H14BrN5OS2/c1-2-21-13(10-3-5-11(16)6-4-10)19-20-15(21)24-9-12(22)18-14-17-7-8-23-14/h3-8H,2,9H2,1H3,(H,17,18,22). The van der Waals surface area contributed by atoms with E-state index in [2.05, 4.69) is 36.4 Å². The molecule has 3 rings (SSSR count). The van der Waals surface area contributed by atoms with Crippen molar-refractivity contribution < 1.29 is 4.79 Å². The van der Waals surface area contributed by atoms with Crippen LogP contribution in [0, 0.1) is 0 Å². The fourth-order valence-corrected chi connectivity index (χ4v) is 3.68. The van der Waals surface area contributed by atoms with Crippen molar-refractivity contribution in [2.24, 2.45) is 0 Å². The Morgan fingerprint density at radius 3 is 2.79 bits per heavy atom. The first kappa shape index (κ1) is 17.1. The molecule has 1 N–H and O–H groups in total. The molecule has 2 aromatic heterocycles. The number of nitrogens with one attached hydrogen (secondary N) is 1. The van der Waals surface area contributed by atoms with Crippen molar-refractivity contribution in [2.75, 3.05) is 11.1 Å². The summed E-state index contributed by atoms with van der Waals surface area (Å²) in [6.07, 6.45) is 1.66. The molecular formula is C15H14BrN5OS2. The lowest BCUT2D eigenvalue weighted by Gasteiger charge is -2.07. The Labute approximate surface area is 155 Å². The molecule has 0 atom stereocenters. The number of nitrogens with zero attached hydrogens (tertiary/aromatic N) is 4. The summed E-state index contributed by atoms with van der Waals surface area (Å²) < 4.78 is 3.02. The summed E-state index contributed by atoms with van der Waals surface area (Å²) in [7, 11) is 0. The largest absolute Gasteiger partial charge is 0.302 e. The fourth-order valence-electron chi connectivity index (χ4n) is 2.06. The van der Waals surface area contributed by atoms with E-state index in [1.807, 2.05) is 41.1 Å². The molecule has 6 nitrogen and oxygen atoms in total. The summed E-state index contributed by atoms with van der Waals surface area (Å²) in [4.78, 5) is 16.0. The Kier molecular flexibility index (Phi) is 5.64. The number of rotatable bonds is 6. The van der Waals surface area contributed by atoms with E-state index in [0.717, 1.165) is 27.6 Å². The third kappa shape index (κ3) is 4.03. The Bertz CT molecular complexity index is 817. The smallest absolute Gasteiger partial charge is 0.236 e. The molecule has 0 bridgehead atoms. The number of thioether (sulfide) groups is 1. The molecule has 1 amide bonds. The maximum absolute atomic E-state index is 12.0. The third-order valence-corrected chi connectivity index (χ3v) is 5.33. The highest BCUT2D eigenvalue weighted by Gasteiger charge is 2.15. The van der Waals surface area contributed by atoms with E-state index in [-0.39, 0.29) is 11.7 Å². The zero-order valence-electron chi connectivity index (χ0n) is 12.8. The van der Waals surface area contributed by atoms with Crippen molar-refractivity contribution in [3.05, 3.63) is 40.3 Å². The van der Waals surface area contributed by atoms with Gasteiger partial charge in [-0.2, -0.15) is 0 Å². The predicted octanol–water partition coefficient (Wildman–Crippen LogP) is 3.91. The molecular weight excluding hydrogens is 410 g/mol. The number of anilines is 1.